The number of piperidine rings is 1. The summed E-state index contributed by atoms with van der Waals surface area (Å²) in [6.45, 7) is 11.2. The molecular weight excluding hydrogens is 492 g/mol. The van der Waals surface area contributed by atoms with Crippen molar-refractivity contribution in [3.05, 3.63) is 90.5 Å². The van der Waals surface area contributed by atoms with Crippen LogP contribution in [0, 0.1) is 11.8 Å². The van der Waals surface area contributed by atoms with Crippen LogP contribution in [0.3, 0.4) is 0 Å². The third-order valence-electron chi connectivity index (χ3n) is 8.26. The highest BCUT2D eigenvalue weighted by Crippen LogP contribution is 2.32. The van der Waals surface area contributed by atoms with E-state index in [1.807, 2.05) is 12.3 Å². The van der Waals surface area contributed by atoms with Crippen LogP contribution in [0.4, 0.5) is 5.82 Å². The van der Waals surface area contributed by atoms with Crippen molar-refractivity contribution >= 4 is 16.9 Å². The van der Waals surface area contributed by atoms with Gasteiger partial charge in [-0.25, -0.2) is 9.97 Å². The smallest absolute Gasteiger partial charge is 0.143 e. The average Bonchev–Trinajstić information content (AvgIpc) is 3.41. The van der Waals surface area contributed by atoms with Crippen LogP contribution in [-0.4, -0.2) is 46.0 Å². The second-order valence-electron chi connectivity index (χ2n) is 11.6. The third-order valence-corrected chi connectivity index (χ3v) is 8.26. The summed E-state index contributed by atoms with van der Waals surface area (Å²) in [7, 11) is 0. The normalized spacial score (nSPS) is 18.9. The molecule has 6 rings (SSSR count). The third kappa shape index (κ3) is 7.51. The highest BCUT2D eigenvalue weighted by molar-refractivity contribution is 6.00. The molecule has 4 N–H and O–H groups in total. The monoisotopic (exact) mass is 536 g/mol. The number of nitrogens with one attached hydrogen (secondary N) is 2. The molecule has 6 nitrogen and oxygen atoms in total. The Morgan fingerprint density at radius 3 is 2.52 bits per heavy atom. The van der Waals surface area contributed by atoms with Gasteiger partial charge in [-0.05, 0) is 80.1 Å². The van der Waals surface area contributed by atoms with Crippen LogP contribution in [0.2, 0.25) is 0 Å². The molecule has 2 fully saturated rings. The molecule has 1 saturated carbocycles. The molecule has 0 amide bonds. The Morgan fingerprint density at radius 1 is 1.00 bits per heavy atom. The van der Waals surface area contributed by atoms with Crippen molar-refractivity contribution in [3.8, 4) is 11.1 Å². The summed E-state index contributed by atoms with van der Waals surface area (Å²) in [5, 5.41) is 4.40. The van der Waals surface area contributed by atoms with Gasteiger partial charge in [0.15, 0.2) is 0 Å². The van der Waals surface area contributed by atoms with E-state index in [4.69, 9.17) is 5.73 Å². The summed E-state index contributed by atoms with van der Waals surface area (Å²) >= 11 is 0. The molecule has 1 aliphatic carbocycles. The molecule has 0 bridgehead atoms. The van der Waals surface area contributed by atoms with E-state index in [0.717, 1.165) is 59.9 Å². The summed E-state index contributed by atoms with van der Waals surface area (Å²) in [6, 6.07) is 19.1. The number of benzene rings is 2. The maximum Gasteiger partial charge on any atom is 0.143 e. The van der Waals surface area contributed by atoms with Crippen molar-refractivity contribution < 1.29 is 0 Å². The van der Waals surface area contributed by atoms with E-state index >= 15 is 0 Å². The zero-order valence-electron chi connectivity index (χ0n) is 23.9. The van der Waals surface area contributed by atoms with E-state index < -0.39 is 0 Å². The minimum Gasteiger partial charge on any atom is -0.387 e. The van der Waals surface area contributed by atoms with Crippen molar-refractivity contribution in [1.29, 1.82) is 0 Å². The molecule has 210 valence electrons. The summed E-state index contributed by atoms with van der Waals surface area (Å²) in [5.41, 5.74) is 12.9. The summed E-state index contributed by atoms with van der Waals surface area (Å²) in [6.07, 6.45) is 12.4. The molecule has 0 unspecified atom stereocenters. The lowest BCUT2D eigenvalue weighted by Crippen LogP contribution is -2.37. The van der Waals surface area contributed by atoms with Crippen molar-refractivity contribution in [2.75, 3.05) is 31.9 Å². The molecule has 1 aliphatic heterocycles. The van der Waals surface area contributed by atoms with E-state index in [1.54, 1.807) is 0 Å². The molecule has 4 aromatic rings. The molecule has 0 atom stereocenters. The zero-order chi connectivity index (χ0) is 27.7. The Labute approximate surface area is 239 Å². The molecule has 40 heavy (non-hydrogen) atoms. The van der Waals surface area contributed by atoms with Gasteiger partial charge in [0.05, 0.1) is 5.39 Å². The standard InChI is InChI=1S/C20H18N4.C14H26N2/c21-19-18-17(12-22-20(18)24-13-23-19)16-8-4-7-15(11-16)10-9-14-5-2-1-3-6-14;1-12-8-14(9-12)10-15-13(2)11-16-6-4-3-5-7-16/h1-8,11-13H,9-10H2,(H3,21,22,23,24);12,14-15H,2-11H2,1H3. The predicted octanol–water partition coefficient (Wildman–Crippen LogP) is 6.61. The quantitative estimate of drug-likeness (QED) is 0.224. The number of nitrogens with zero attached hydrogens (tertiary/aromatic N) is 3. The lowest BCUT2D eigenvalue weighted by molar-refractivity contribution is 0.205. The Kier molecular flexibility index (Phi) is 9.50. The van der Waals surface area contributed by atoms with E-state index in [0.29, 0.717) is 5.82 Å². The van der Waals surface area contributed by atoms with Crippen LogP contribution in [0.1, 0.15) is 50.2 Å². The first-order valence-electron chi connectivity index (χ1n) is 14.9. The van der Waals surface area contributed by atoms with Crippen LogP contribution < -0.4 is 11.1 Å². The van der Waals surface area contributed by atoms with Gasteiger partial charge >= 0.3 is 0 Å². The Bertz CT molecular complexity index is 1370. The van der Waals surface area contributed by atoms with Gasteiger partial charge < -0.3 is 16.0 Å². The van der Waals surface area contributed by atoms with E-state index in [2.05, 4.69) is 87.2 Å². The van der Waals surface area contributed by atoms with Crippen molar-refractivity contribution in [2.24, 2.45) is 11.8 Å². The SMILES string of the molecule is C=C(CN1CCCCC1)NCC1CC(C)C1.Nc1ncnc2[nH]cc(-c3cccc(CCc4ccccc4)c3)c12. The number of hydrogen-bond donors (Lipinski definition) is 3. The van der Waals surface area contributed by atoms with Crippen LogP contribution in [0.5, 0.6) is 0 Å². The summed E-state index contributed by atoms with van der Waals surface area (Å²) in [4.78, 5) is 14.1. The first kappa shape index (κ1) is 27.9. The fourth-order valence-electron chi connectivity index (χ4n) is 6.01. The number of H-pyrrole nitrogens is 1. The van der Waals surface area contributed by atoms with Gasteiger partial charge in [0, 0.05) is 30.5 Å². The van der Waals surface area contributed by atoms with Crippen LogP contribution in [-0.2, 0) is 12.8 Å². The summed E-state index contributed by atoms with van der Waals surface area (Å²) in [5.74, 6) is 2.38. The number of rotatable bonds is 9. The molecule has 2 aromatic carbocycles. The number of aryl methyl sites for hydroxylation is 2. The van der Waals surface area contributed by atoms with Crippen molar-refractivity contribution in [2.45, 2.75) is 51.9 Å². The van der Waals surface area contributed by atoms with E-state index in [-0.39, 0.29) is 0 Å². The topological polar surface area (TPSA) is 82.9 Å². The number of anilines is 1. The van der Waals surface area contributed by atoms with Gasteiger partial charge in [-0.1, -0.05) is 74.5 Å². The minimum absolute atomic E-state index is 0.505. The van der Waals surface area contributed by atoms with Crippen molar-refractivity contribution in [3.63, 3.8) is 0 Å². The highest BCUT2D eigenvalue weighted by Gasteiger charge is 2.24. The maximum absolute atomic E-state index is 6.04. The summed E-state index contributed by atoms with van der Waals surface area (Å²) < 4.78 is 0. The number of aromatic amines is 1. The second kappa shape index (κ2) is 13.6. The molecule has 2 aliphatic rings. The molecule has 2 aromatic heterocycles. The number of nitrogens with two attached hydrogens (primary N) is 1. The lowest BCUT2D eigenvalue weighted by Gasteiger charge is -2.34. The molecule has 0 spiro atoms. The molecule has 1 saturated heterocycles. The zero-order valence-corrected chi connectivity index (χ0v) is 23.9. The number of aromatic nitrogens is 3. The van der Waals surface area contributed by atoms with Crippen LogP contribution >= 0.6 is 0 Å². The minimum atomic E-state index is 0.505. The van der Waals surface area contributed by atoms with Gasteiger partial charge in [-0.2, -0.15) is 0 Å². The fraction of sp³-hybridized carbons (Fsp3) is 0.412. The molecule has 3 heterocycles. The maximum atomic E-state index is 6.04. The van der Waals surface area contributed by atoms with Gasteiger partial charge in [0.2, 0.25) is 0 Å². The molecule has 0 radical (unpaired) electrons. The number of fused-ring (bicyclic) bond motifs is 1. The largest absolute Gasteiger partial charge is 0.387 e. The Morgan fingerprint density at radius 2 is 1.75 bits per heavy atom. The lowest BCUT2D eigenvalue weighted by atomic mass is 9.76. The number of hydrogen-bond acceptors (Lipinski definition) is 5. The fourth-order valence-corrected chi connectivity index (χ4v) is 6.01. The average molecular weight is 537 g/mol. The van der Waals surface area contributed by atoms with Crippen molar-refractivity contribution in [1.82, 2.24) is 25.2 Å². The van der Waals surface area contributed by atoms with E-state index in [9.17, 15) is 0 Å². The van der Waals surface area contributed by atoms with E-state index in [1.165, 1.54) is 68.3 Å². The van der Waals surface area contributed by atoms with Gasteiger partial charge in [0.1, 0.15) is 17.8 Å². The second-order valence-corrected chi connectivity index (χ2v) is 11.6. The first-order valence-corrected chi connectivity index (χ1v) is 14.9. The highest BCUT2D eigenvalue weighted by atomic mass is 15.1. The predicted molar refractivity (Wildman–Crippen MR) is 167 cm³/mol. The first-order chi connectivity index (χ1) is 19.5. The van der Waals surface area contributed by atoms with Gasteiger partial charge in [-0.3, -0.25) is 4.90 Å². The number of likely N-dealkylation sites (tertiary alicyclic amines) is 1. The Hall–Kier alpha value is -3.64. The van der Waals surface area contributed by atoms with Gasteiger partial charge in [0.25, 0.3) is 0 Å². The van der Waals surface area contributed by atoms with Crippen LogP contribution in [0.25, 0.3) is 22.2 Å². The molecular formula is C34H44N6. The number of nitrogen functional groups attached to an aromatic ring is 1. The Balaban J connectivity index is 0.000000176. The van der Waals surface area contributed by atoms with Gasteiger partial charge in [-0.15, -0.1) is 0 Å². The van der Waals surface area contributed by atoms with Crippen LogP contribution in [0.15, 0.2) is 79.4 Å². The molecule has 6 heteroatoms.